The van der Waals surface area contributed by atoms with Gasteiger partial charge in [0.1, 0.15) is 0 Å². The van der Waals surface area contributed by atoms with E-state index in [0.717, 1.165) is 6.42 Å². The smallest absolute Gasteiger partial charge is 0.239 e. The molecule has 0 aliphatic carbocycles. The van der Waals surface area contributed by atoms with Crippen LogP contribution in [0.5, 0.6) is 0 Å². The van der Waals surface area contributed by atoms with Gasteiger partial charge in [-0.2, -0.15) is 0 Å². The van der Waals surface area contributed by atoms with E-state index in [0.29, 0.717) is 19.5 Å². The van der Waals surface area contributed by atoms with Crippen LogP contribution < -0.4 is 11.5 Å². The van der Waals surface area contributed by atoms with Crippen LogP contribution in [-0.2, 0) is 9.59 Å². The summed E-state index contributed by atoms with van der Waals surface area (Å²) in [5.41, 5.74) is 10.7. The number of primary amides is 1. The number of nitrogens with zero attached hydrogens (tertiary/aromatic N) is 1. The zero-order chi connectivity index (χ0) is 11.8. The van der Waals surface area contributed by atoms with E-state index in [4.69, 9.17) is 11.5 Å². The Hall–Kier alpha value is -1.10. The van der Waals surface area contributed by atoms with Gasteiger partial charge in [-0.25, -0.2) is 0 Å². The van der Waals surface area contributed by atoms with E-state index in [-0.39, 0.29) is 12.3 Å². The van der Waals surface area contributed by atoms with Crippen LogP contribution in [0.15, 0.2) is 0 Å². The van der Waals surface area contributed by atoms with Gasteiger partial charge < -0.3 is 16.4 Å². The number of hydrogen-bond donors (Lipinski definition) is 2. The molecule has 0 fully saturated rings. The summed E-state index contributed by atoms with van der Waals surface area (Å²) < 4.78 is 0. The fraction of sp³-hybridized carbons (Fsp3) is 0.800. The monoisotopic (exact) mass is 215 g/mol. The maximum Gasteiger partial charge on any atom is 0.239 e. The first kappa shape index (κ1) is 13.9. The molecule has 0 aliphatic heterocycles. The highest BCUT2D eigenvalue weighted by molar-refractivity contribution is 5.82. The third-order valence-electron chi connectivity index (χ3n) is 2.21. The molecule has 0 aromatic rings. The molecule has 4 N–H and O–H groups in total. The molecule has 0 heterocycles. The third kappa shape index (κ3) is 5.37. The molecule has 2 amide bonds. The van der Waals surface area contributed by atoms with Gasteiger partial charge in [-0.05, 0) is 19.8 Å². The first-order valence-electron chi connectivity index (χ1n) is 5.35. The van der Waals surface area contributed by atoms with Crippen LogP contribution in [0, 0.1) is 0 Å². The number of hydrogen-bond acceptors (Lipinski definition) is 3. The fourth-order valence-electron chi connectivity index (χ4n) is 1.35. The van der Waals surface area contributed by atoms with Crippen molar-refractivity contribution in [1.82, 2.24) is 4.90 Å². The average molecular weight is 215 g/mol. The molecule has 0 rings (SSSR count). The molecule has 0 aliphatic rings. The molecule has 0 aromatic carbocycles. The van der Waals surface area contributed by atoms with E-state index in [2.05, 4.69) is 0 Å². The molecular formula is C10H21N3O2. The molecule has 0 bridgehead atoms. The third-order valence-corrected chi connectivity index (χ3v) is 2.21. The Labute approximate surface area is 90.8 Å². The molecule has 0 aromatic heterocycles. The van der Waals surface area contributed by atoms with E-state index < -0.39 is 11.9 Å². The minimum Gasteiger partial charge on any atom is -0.370 e. The number of nitrogens with two attached hydrogens (primary N) is 2. The van der Waals surface area contributed by atoms with E-state index in [1.807, 2.05) is 13.8 Å². The molecule has 5 heteroatoms. The summed E-state index contributed by atoms with van der Waals surface area (Å²) in [6.45, 7) is 5.27. The second kappa shape index (κ2) is 7.23. The molecule has 0 saturated carbocycles. The quantitative estimate of drug-likeness (QED) is 0.618. The van der Waals surface area contributed by atoms with Gasteiger partial charge in [0.25, 0.3) is 0 Å². The fourth-order valence-corrected chi connectivity index (χ4v) is 1.35. The van der Waals surface area contributed by atoms with Crippen molar-refractivity contribution in [3.8, 4) is 0 Å². The van der Waals surface area contributed by atoms with Gasteiger partial charge >= 0.3 is 0 Å². The van der Waals surface area contributed by atoms with Crippen molar-refractivity contribution in [1.29, 1.82) is 0 Å². The highest BCUT2D eigenvalue weighted by Crippen LogP contribution is 2.01. The van der Waals surface area contributed by atoms with Gasteiger partial charge in [-0.15, -0.1) is 0 Å². The highest BCUT2D eigenvalue weighted by Gasteiger charge is 2.19. The zero-order valence-electron chi connectivity index (χ0n) is 9.53. The second-order valence-corrected chi connectivity index (χ2v) is 3.53. The van der Waals surface area contributed by atoms with Crippen LogP contribution in [0.4, 0.5) is 0 Å². The molecule has 5 nitrogen and oxygen atoms in total. The summed E-state index contributed by atoms with van der Waals surface area (Å²) >= 11 is 0. The Morgan fingerprint density at radius 3 is 2.33 bits per heavy atom. The second-order valence-electron chi connectivity index (χ2n) is 3.53. The van der Waals surface area contributed by atoms with Crippen molar-refractivity contribution in [2.75, 3.05) is 13.1 Å². The van der Waals surface area contributed by atoms with E-state index >= 15 is 0 Å². The van der Waals surface area contributed by atoms with Gasteiger partial charge in [0.2, 0.25) is 11.8 Å². The Balaban J connectivity index is 4.09. The van der Waals surface area contributed by atoms with Crippen molar-refractivity contribution < 1.29 is 9.59 Å². The molecule has 1 atom stereocenters. The van der Waals surface area contributed by atoms with Crippen LogP contribution >= 0.6 is 0 Å². The lowest BCUT2D eigenvalue weighted by Gasteiger charge is -2.23. The topological polar surface area (TPSA) is 89.4 Å². The lowest BCUT2D eigenvalue weighted by atomic mass is 10.1. The minimum absolute atomic E-state index is 0.0967. The summed E-state index contributed by atoms with van der Waals surface area (Å²) in [6.07, 6.45) is 1.40. The first-order valence-corrected chi connectivity index (χ1v) is 5.35. The van der Waals surface area contributed by atoms with Crippen LogP contribution in [0.1, 0.15) is 33.1 Å². The van der Waals surface area contributed by atoms with E-state index in [1.165, 1.54) is 0 Å². The molecule has 15 heavy (non-hydrogen) atoms. The normalized spacial score (nSPS) is 12.2. The lowest BCUT2D eigenvalue weighted by Crippen LogP contribution is -2.44. The van der Waals surface area contributed by atoms with Crippen molar-refractivity contribution >= 4 is 11.8 Å². The minimum atomic E-state index is -0.607. The van der Waals surface area contributed by atoms with Crippen LogP contribution in [0.25, 0.3) is 0 Å². The van der Waals surface area contributed by atoms with Crippen molar-refractivity contribution in [3.05, 3.63) is 0 Å². The Kier molecular flexibility index (Phi) is 6.70. The van der Waals surface area contributed by atoms with Crippen molar-refractivity contribution in [3.63, 3.8) is 0 Å². The van der Waals surface area contributed by atoms with Gasteiger partial charge in [-0.3, -0.25) is 9.59 Å². The molecular weight excluding hydrogens is 194 g/mol. The number of rotatable bonds is 7. The maximum absolute atomic E-state index is 11.7. The lowest BCUT2D eigenvalue weighted by molar-refractivity contribution is -0.132. The standard InChI is InChI=1S/C10H21N3O2/c1-3-7-13(4-2)10(15)8(11)5-6-9(12)14/h8H,3-7,11H2,1-2H3,(H2,12,14). The SMILES string of the molecule is CCCN(CC)C(=O)C(N)CCC(N)=O. The van der Waals surface area contributed by atoms with Crippen LogP contribution in [0.3, 0.4) is 0 Å². The molecule has 0 saturated heterocycles. The Bertz CT molecular complexity index is 219. The molecule has 1 unspecified atom stereocenters. The van der Waals surface area contributed by atoms with Gasteiger partial charge in [0, 0.05) is 19.5 Å². The van der Waals surface area contributed by atoms with E-state index in [9.17, 15) is 9.59 Å². The maximum atomic E-state index is 11.7. The van der Waals surface area contributed by atoms with E-state index in [1.54, 1.807) is 4.90 Å². The molecule has 0 spiro atoms. The zero-order valence-corrected chi connectivity index (χ0v) is 9.53. The summed E-state index contributed by atoms with van der Waals surface area (Å²) in [7, 11) is 0. The largest absolute Gasteiger partial charge is 0.370 e. The van der Waals surface area contributed by atoms with Crippen LogP contribution in [0.2, 0.25) is 0 Å². The number of amides is 2. The number of likely N-dealkylation sites (N-methyl/N-ethyl adjacent to an activating group) is 1. The van der Waals surface area contributed by atoms with Crippen LogP contribution in [-0.4, -0.2) is 35.8 Å². The molecule has 88 valence electrons. The predicted molar refractivity (Wildman–Crippen MR) is 58.9 cm³/mol. The Morgan fingerprint density at radius 1 is 1.33 bits per heavy atom. The van der Waals surface area contributed by atoms with Gasteiger partial charge in [0.15, 0.2) is 0 Å². The summed E-state index contributed by atoms with van der Waals surface area (Å²) in [6, 6.07) is -0.607. The van der Waals surface area contributed by atoms with Gasteiger partial charge in [-0.1, -0.05) is 6.92 Å². The highest BCUT2D eigenvalue weighted by atomic mass is 16.2. The average Bonchev–Trinajstić information content (AvgIpc) is 2.21. The number of carbonyl (C=O) groups excluding carboxylic acids is 2. The van der Waals surface area contributed by atoms with Gasteiger partial charge in [0.05, 0.1) is 6.04 Å². The summed E-state index contributed by atoms with van der Waals surface area (Å²) in [4.78, 5) is 24.0. The number of carbonyl (C=O) groups is 2. The van der Waals surface area contributed by atoms with Crippen molar-refractivity contribution in [2.24, 2.45) is 11.5 Å². The summed E-state index contributed by atoms with van der Waals surface area (Å²) in [5.74, 6) is -0.516. The predicted octanol–water partition coefficient (Wildman–Crippen LogP) is -0.162. The van der Waals surface area contributed by atoms with Crippen molar-refractivity contribution in [2.45, 2.75) is 39.2 Å². The summed E-state index contributed by atoms with van der Waals surface area (Å²) in [5, 5.41) is 0. The first-order chi connectivity index (χ1) is 7.02. The Morgan fingerprint density at radius 2 is 1.93 bits per heavy atom. The molecule has 0 radical (unpaired) electrons.